The van der Waals surface area contributed by atoms with E-state index in [2.05, 4.69) is 5.32 Å². The predicted octanol–water partition coefficient (Wildman–Crippen LogP) is -0.584. The van der Waals surface area contributed by atoms with Crippen LogP contribution in [-0.2, 0) is 19.1 Å². The van der Waals surface area contributed by atoms with Crippen LogP contribution in [0.1, 0.15) is 25.7 Å². The number of piperidine rings is 2. The van der Waals surface area contributed by atoms with Crippen molar-refractivity contribution in [3.8, 4) is 0 Å². The molecule has 0 radical (unpaired) electrons. The molecule has 0 aromatic heterocycles. The van der Waals surface area contributed by atoms with E-state index in [1.807, 2.05) is 4.90 Å². The summed E-state index contributed by atoms with van der Waals surface area (Å²) < 4.78 is 5.09. The number of hydrogen-bond donors (Lipinski definition) is 1. The zero-order chi connectivity index (χ0) is 18.7. The minimum Gasteiger partial charge on any atom is -0.383 e. The van der Waals surface area contributed by atoms with E-state index < -0.39 is 6.03 Å². The van der Waals surface area contributed by atoms with Crippen LogP contribution in [0.15, 0.2) is 0 Å². The third kappa shape index (κ3) is 3.98. The van der Waals surface area contributed by atoms with Crippen LogP contribution >= 0.6 is 0 Å². The van der Waals surface area contributed by atoms with Gasteiger partial charge in [-0.05, 0) is 19.3 Å². The summed E-state index contributed by atoms with van der Waals surface area (Å²) in [6.07, 6.45) is 3.13. The van der Waals surface area contributed by atoms with E-state index in [-0.39, 0.29) is 36.2 Å². The number of imide groups is 1. The lowest BCUT2D eigenvalue weighted by atomic mass is 9.73. The number of rotatable bonds is 5. The molecule has 3 saturated heterocycles. The van der Waals surface area contributed by atoms with Gasteiger partial charge in [-0.15, -0.1) is 0 Å². The molecule has 5 amide bonds. The molecule has 3 aliphatic rings. The van der Waals surface area contributed by atoms with Gasteiger partial charge in [0.15, 0.2) is 0 Å². The minimum atomic E-state index is -0.510. The molecule has 26 heavy (non-hydrogen) atoms. The molecule has 0 aromatic carbocycles. The van der Waals surface area contributed by atoms with E-state index in [0.717, 1.165) is 19.3 Å². The fraction of sp³-hybridized carbons (Fsp3) is 0.765. The van der Waals surface area contributed by atoms with Gasteiger partial charge in [0.25, 0.3) is 0 Å². The molecule has 1 spiro atoms. The molecule has 9 nitrogen and oxygen atoms in total. The first kappa shape index (κ1) is 18.6. The van der Waals surface area contributed by atoms with Gasteiger partial charge in [-0.3, -0.25) is 19.7 Å². The van der Waals surface area contributed by atoms with Gasteiger partial charge in [-0.1, -0.05) is 0 Å². The topological polar surface area (TPSA) is 99.3 Å². The van der Waals surface area contributed by atoms with E-state index in [1.165, 1.54) is 4.90 Å². The molecule has 0 bridgehead atoms. The zero-order valence-corrected chi connectivity index (χ0v) is 15.2. The lowest BCUT2D eigenvalue weighted by molar-refractivity contribution is -0.143. The Morgan fingerprint density at radius 3 is 2.69 bits per heavy atom. The fourth-order valence-corrected chi connectivity index (χ4v) is 4.14. The highest BCUT2D eigenvalue weighted by Gasteiger charge is 2.43. The second-order valence-corrected chi connectivity index (χ2v) is 7.44. The Balaban J connectivity index is 1.61. The second-order valence-electron chi connectivity index (χ2n) is 7.44. The Morgan fingerprint density at radius 2 is 2.00 bits per heavy atom. The van der Waals surface area contributed by atoms with Gasteiger partial charge in [0.05, 0.1) is 6.61 Å². The lowest BCUT2D eigenvalue weighted by Crippen LogP contribution is -2.56. The van der Waals surface area contributed by atoms with Crippen molar-refractivity contribution in [1.29, 1.82) is 0 Å². The van der Waals surface area contributed by atoms with Gasteiger partial charge in [-0.2, -0.15) is 0 Å². The van der Waals surface area contributed by atoms with Crippen molar-refractivity contribution >= 4 is 23.8 Å². The largest absolute Gasteiger partial charge is 0.383 e. The molecule has 0 aliphatic carbocycles. The number of nitrogens with one attached hydrogen (secondary N) is 1. The third-order valence-corrected chi connectivity index (χ3v) is 5.52. The Labute approximate surface area is 152 Å². The van der Waals surface area contributed by atoms with Crippen molar-refractivity contribution in [2.45, 2.75) is 25.7 Å². The van der Waals surface area contributed by atoms with Gasteiger partial charge >= 0.3 is 6.03 Å². The maximum atomic E-state index is 12.6. The summed E-state index contributed by atoms with van der Waals surface area (Å²) in [7, 11) is 1.62. The molecule has 1 atom stereocenters. The monoisotopic (exact) mass is 366 g/mol. The first-order valence-corrected chi connectivity index (χ1v) is 9.06. The summed E-state index contributed by atoms with van der Waals surface area (Å²) in [5.74, 6) is -0.380. The van der Waals surface area contributed by atoms with Crippen molar-refractivity contribution in [3.63, 3.8) is 0 Å². The van der Waals surface area contributed by atoms with Gasteiger partial charge in [0.2, 0.25) is 17.7 Å². The molecule has 3 fully saturated rings. The number of nitrogens with zero attached hydrogens (tertiary/aromatic N) is 3. The van der Waals surface area contributed by atoms with Crippen LogP contribution in [0, 0.1) is 5.41 Å². The van der Waals surface area contributed by atoms with Crippen molar-refractivity contribution in [3.05, 3.63) is 0 Å². The van der Waals surface area contributed by atoms with E-state index in [0.29, 0.717) is 39.2 Å². The first-order valence-electron chi connectivity index (χ1n) is 9.06. The summed E-state index contributed by atoms with van der Waals surface area (Å²) in [5, 5.41) is 2.18. The highest BCUT2D eigenvalue weighted by atomic mass is 16.5. The third-order valence-electron chi connectivity index (χ3n) is 5.52. The van der Waals surface area contributed by atoms with Crippen LogP contribution in [0.2, 0.25) is 0 Å². The molecule has 0 saturated carbocycles. The number of ether oxygens (including phenoxy) is 1. The highest BCUT2D eigenvalue weighted by molar-refractivity contribution is 6.03. The molecule has 144 valence electrons. The minimum absolute atomic E-state index is 0.0666. The number of carbonyl (C=O) groups is 4. The number of methoxy groups -OCH3 is 1. The van der Waals surface area contributed by atoms with Crippen molar-refractivity contribution in [2.24, 2.45) is 5.41 Å². The van der Waals surface area contributed by atoms with Gasteiger partial charge in [0, 0.05) is 45.1 Å². The van der Waals surface area contributed by atoms with E-state index in [9.17, 15) is 19.2 Å². The normalized spacial score (nSPS) is 26.7. The number of likely N-dealkylation sites (tertiary alicyclic amines) is 2. The molecule has 3 aliphatic heterocycles. The fourth-order valence-electron chi connectivity index (χ4n) is 4.14. The number of carbonyl (C=O) groups excluding carboxylic acids is 4. The van der Waals surface area contributed by atoms with Gasteiger partial charge in [0.1, 0.15) is 13.1 Å². The molecule has 3 heterocycles. The Kier molecular flexibility index (Phi) is 5.45. The number of amides is 5. The summed E-state index contributed by atoms with van der Waals surface area (Å²) in [6, 6.07) is -0.510. The van der Waals surface area contributed by atoms with Crippen LogP contribution in [-0.4, -0.2) is 91.4 Å². The number of urea groups is 1. The smallest absolute Gasteiger partial charge is 0.325 e. The molecular formula is C17H26N4O5. The predicted molar refractivity (Wildman–Crippen MR) is 91.0 cm³/mol. The highest BCUT2D eigenvalue weighted by Crippen LogP contribution is 2.38. The molecule has 0 aromatic rings. The van der Waals surface area contributed by atoms with E-state index >= 15 is 0 Å². The van der Waals surface area contributed by atoms with Gasteiger partial charge in [-0.25, -0.2) is 4.79 Å². The molecule has 3 rings (SSSR count). The average molecular weight is 366 g/mol. The lowest BCUT2D eigenvalue weighted by Gasteiger charge is -2.48. The zero-order valence-electron chi connectivity index (χ0n) is 15.2. The first-order chi connectivity index (χ1) is 12.4. The van der Waals surface area contributed by atoms with Gasteiger partial charge < -0.3 is 19.4 Å². The van der Waals surface area contributed by atoms with Crippen molar-refractivity contribution in [2.75, 3.05) is 53.0 Å². The van der Waals surface area contributed by atoms with Crippen LogP contribution in [0.3, 0.4) is 0 Å². The summed E-state index contributed by atoms with van der Waals surface area (Å²) in [5.41, 5.74) is -0.0847. The van der Waals surface area contributed by atoms with Crippen LogP contribution in [0.5, 0.6) is 0 Å². The second kappa shape index (κ2) is 7.61. The van der Waals surface area contributed by atoms with Crippen LogP contribution in [0.4, 0.5) is 4.79 Å². The van der Waals surface area contributed by atoms with E-state index in [4.69, 9.17) is 4.74 Å². The van der Waals surface area contributed by atoms with E-state index in [1.54, 1.807) is 12.0 Å². The molecule has 0 unspecified atom stereocenters. The van der Waals surface area contributed by atoms with Crippen LogP contribution < -0.4 is 5.32 Å². The maximum absolute atomic E-state index is 12.6. The van der Waals surface area contributed by atoms with Crippen LogP contribution in [0.25, 0.3) is 0 Å². The Hall–Kier alpha value is -2.16. The Morgan fingerprint density at radius 1 is 1.19 bits per heavy atom. The molecule has 9 heteroatoms. The summed E-state index contributed by atoms with van der Waals surface area (Å²) >= 11 is 0. The SMILES string of the molecule is COCCN1C[C@@]2(CCCN(C(=O)CN3CC(=O)NC3=O)C2)CCC1=O. The molecular weight excluding hydrogens is 340 g/mol. The molecule has 1 N–H and O–H groups in total. The van der Waals surface area contributed by atoms with Crippen molar-refractivity contribution < 1.29 is 23.9 Å². The van der Waals surface area contributed by atoms with Crippen molar-refractivity contribution in [1.82, 2.24) is 20.0 Å². The quantitative estimate of drug-likeness (QED) is 0.656. The summed E-state index contributed by atoms with van der Waals surface area (Å²) in [6.45, 7) is 2.80. The summed E-state index contributed by atoms with van der Waals surface area (Å²) in [4.78, 5) is 52.6. The Bertz CT molecular complexity index is 610. The average Bonchev–Trinajstić information content (AvgIpc) is 2.93. The maximum Gasteiger partial charge on any atom is 0.325 e. The standard InChI is InChI=1S/C17H26N4O5/c1-26-8-7-20-12-17(5-3-14(20)23)4-2-6-19(11-17)15(24)10-21-9-13(22)18-16(21)25/h2-12H2,1H3,(H,18,22,25)/t17-/m0/s1. The number of hydrogen-bond acceptors (Lipinski definition) is 5.